The van der Waals surface area contributed by atoms with Crippen molar-refractivity contribution in [1.29, 1.82) is 0 Å². The topological polar surface area (TPSA) is 109 Å². The standard InChI is InChI=1S/C21H28N4O4/c1-4-22-21(23-13-17-8-5-6-11-19(17)25(27)28)24-14-20(26)16-9-7-10-18(12-16)29-15(2)3/h5-12,15,20,26H,4,13-14H2,1-3H3,(H2,22,23,24). The highest BCUT2D eigenvalue weighted by atomic mass is 16.6. The highest BCUT2D eigenvalue weighted by Gasteiger charge is 2.13. The van der Waals surface area contributed by atoms with Crippen LogP contribution in [0.4, 0.5) is 5.69 Å². The van der Waals surface area contributed by atoms with Crippen molar-refractivity contribution < 1.29 is 14.8 Å². The summed E-state index contributed by atoms with van der Waals surface area (Å²) in [6, 6.07) is 13.8. The highest BCUT2D eigenvalue weighted by molar-refractivity contribution is 5.79. The number of benzene rings is 2. The summed E-state index contributed by atoms with van der Waals surface area (Å²) in [4.78, 5) is 15.1. The minimum absolute atomic E-state index is 0.0362. The normalized spacial score (nSPS) is 12.5. The van der Waals surface area contributed by atoms with Gasteiger partial charge in [0.2, 0.25) is 0 Å². The molecule has 2 aromatic carbocycles. The molecule has 0 saturated heterocycles. The maximum atomic E-state index is 11.1. The average Bonchev–Trinajstić information content (AvgIpc) is 2.69. The van der Waals surface area contributed by atoms with E-state index in [0.29, 0.717) is 23.8 Å². The summed E-state index contributed by atoms with van der Waals surface area (Å²) >= 11 is 0. The van der Waals surface area contributed by atoms with Gasteiger partial charge in [-0.25, -0.2) is 4.99 Å². The summed E-state index contributed by atoms with van der Waals surface area (Å²) in [6.07, 6.45) is -0.712. The lowest BCUT2D eigenvalue weighted by molar-refractivity contribution is -0.385. The number of rotatable bonds is 9. The van der Waals surface area contributed by atoms with Crippen molar-refractivity contribution in [1.82, 2.24) is 10.6 Å². The minimum Gasteiger partial charge on any atom is -0.491 e. The van der Waals surface area contributed by atoms with Crippen LogP contribution in [0, 0.1) is 10.1 Å². The van der Waals surface area contributed by atoms with Crippen molar-refractivity contribution in [2.24, 2.45) is 4.99 Å². The van der Waals surface area contributed by atoms with E-state index in [9.17, 15) is 15.2 Å². The third kappa shape index (κ3) is 7.08. The Morgan fingerprint density at radius 3 is 2.66 bits per heavy atom. The first kappa shape index (κ1) is 22.2. The fourth-order valence-electron chi connectivity index (χ4n) is 2.71. The number of hydrogen-bond donors (Lipinski definition) is 3. The Balaban J connectivity index is 2.03. The molecule has 1 atom stereocenters. The predicted octanol–water partition coefficient (Wildman–Crippen LogP) is 3.17. The van der Waals surface area contributed by atoms with E-state index < -0.39 is 11.0 Å². The van der Waals surface area contributed by atoms with Gasteiger partial charge in [-0.1, -0.05) is 30.3 Å². The summed E-state index contributed by atoms with van der Waals surface area (Å²) < 4.78 is 5.66. The van der Waals surface area contributed by atoms with E-state index in [1.807, 2.05) is 45.0 Å². The van der Waals surface area contributed by atoms with Crippen LogP contribution in [-0.4, -0.2) is 35.2 Å². The Morgan fingerprint density at radius 2 is 1.97 bits per heavy atom. The van der Waals surface area contributed by atoms with Gasteiger partial charge in [0.05, 0.1) is 29.2 Å². The number of aliphatic hydroxyl groups is 1. The van der Waals surface area contributed by atoms with Gasteiger partial charge in [-0.3, -0.25) is 10.1 Å². The van der Waals surface area contributed by atoms with Gasteiger partial charge < -0.3 is 20.5 Å². The average molecular weight is 400 g/mol. The number of nitrogens with one attached hydrogen (secondary N) is 2. The van der Waals surface area contributed by atoms with Gasteiger partial charge in [0.15, 0.2) is 5.96 Å². The third-order valence-corrected chi connectivity index (χ3v) is 4.02. The molecule has 0 aliphatic carbocycles. The molecule has 0 aromatic heterocycles. The number of aliphatic imine (C=N–C) groups is 1. The molecule has 3 N–H and O–H groups in total. The number of para-hydroxylation sites is 1. The molecular formula is C21H28N4O4. The maximum Gasteiger partial charge on any atom is 0.274 e. The first-order valence-electron chi connectivity index (χ1n) is 9.59. The monoisotopic (exact) mass is 400 g/mol. The Kier molecular flexibility index (Phi) is 8.42. The number of nitro groups is 1. The molecule has 2 rings (SSSR count). The molecule has 0 saturated carbocycles. The first-order chi connectivity index (χ1) is 13.9. The van der Waals surface area contributed by atoms with Gasteiger partial charge in [0.1, 0.15) is 5.75 Å². The van der Waals surface area contributed by atoms with E-state index in [0.717, 1.165) is 5.56 Å². The van der Waals surface area contributed by atoms with Crippen molar-refractivity contribution in [3.8, 4) is 5.75 Å². The van der Waals surface area contributed by atoms with Crippen LogP contribution >= 0.6 is 0 Å². The summed E-state index contributed by atoms with van der Waals surface area (Å²) in [6.45, 7) is 6.82. The second-order valence-electron chi connectivity index (χ2n) is 6.72. The summed E-state index contributed by atoms with van der Waals surface area (Å²) in [7, 11) is 0. The molecule has 29 heavy (non-hydrogen) atoms. The van der Waals surface area contributed by atoms with E-state index in [4.69, 9.17) is 4.74 Å². The molecule has 0 aliphatic rings. The van der Waals surface area contributed by atoms with Gasteiger partial charge in [0, 0.05) is 19.2 Å². The van der Waals surface area contributed by atoms with Crippen molar-refractivity contribution in [3.63, 3.8) is 0 Å². The number of hydrogen-bond acceptors (Lipinski definition) is 5. The van der Waals surface area contributed by atoms with Gasteiger partial charge in [-0.15, -0.1) is 0 Å². The molecule has 0 heterocycles. The molecule has 0 fully saturated rings. The zero-order valence-corrected chi connectivity index (χ0v) is 17.0. The van der Waals surface area contributed by atoms with Gasteiger partial charge in [-0.2, -0.15) is 0 Å². The second-order valence-corrected chi connectivity index (χ2v) is 6.72. The molecule has 156 valence electrons. The molecular weight excluding hydrogens is 372 g/mol. The van der Waals surface area contributed by atoms with Crippen LogP contribution in [0.1, 0.15) is 38.0 Å². The fourth-order valence-corrected chi connectivity index (χ4v) is 2.71. The molecule has 0 radical (unpaired) electrons. The number of aliphatic hydroxyl groups excluding tert-OH is 1. The molecule has 0 amide bonds. The Hall–Kier alpha value is -3.13. The quantitative estimate of drug-likeness (QED) is 0.258. The van der Waals surface area contributed by atoms with Gasteiger partial charge in [0.25, 0.3) is 5.69 Å². The number of nitrogens with zero attached hydrogens (tertiary/aromatic N) is 2. The van der Waals surface area contributed by atoms with E-state index in [2.05, 4.69) is 15.6 Å². The molecule has 0 spiro atoms. The van der Waals surface area contributed by atoms with Crippen LogP contribution in [0.25, 0.3) is 0 Å². The lowest BCUT2D eigenvalue weighted by Gasteiger charge is -2.17. The minimum atomic E-state index is -0.763. The number of nitro benzene ring substituents is 1. The molecule has 2 aromatic rings. The Morgan fingerprint density at radius 1 is 1.21 bits per heavy atom. The third-order valence-electron chi connectivity index (χ3n) is 4.02. The molecule has 8 heteroatoms. The molecule has 0 aliphatic heterocycles. The summed E-state index contributed by atoms with van der Waals surface area (Å²) in [5, 5.41) is 27.8. The van der Waals surface area contributed by atoms with Crippen LogP contribution in [0.3, 0.4) is 0 Å². The van der Waals surface area contributed by atoms with E-state index in [1.165, 1.54) is 6.07 Å². The van der Waals surface area contributed by atoms with Crippen molar-refractivity contribution in [2.45, 2.75) is 39.5 Å². The Labute approximate surface area is 170 Å². The number of ether oxygens (including phenoxy) is 1. The number of guanidine groups is 1. The summed E-state index contributed by atoms with van der Waals surface area (Å²) in [5.41, 5.74) is 1.29. The molecule has 8 nitrogen and oxygen atoms in total. The van der Waals surface area contributed by atoms with Crippen LogP contribution in [0.2, 0.25) is 0 Å². The van der Waals surface area contributed by atoms with Crippen LogP contribution in [0.5, 0.6) is 5.75 Å². The maximum absolute atomic E-state index is 11.1. The lowest BCUT2D eigenvalue weighted by atomic mass is 10.1. The zero-order valence-electron chi connectivity index (χ0n) is 17.0. The van der Waals surface area contributed by atoms with Crippen LogP contribution in [0.15, 0.2) is 53.5 Å². The van der Waals surface area contributed by atoms with Gasteiger partial charge in [-0.05, 0) is 38.5 Å². The Bertz CT molecular complexity index is 839. The van der Waals surface area contributed by atoms with Crippen LogP contribution in [-0.2, 0) is 6.54 Å². The zero-order chi connectivity index (χ0) is 21.2. The highest BCUT2D eigenvalue weighted by Crippen LogP contribution is 2.20. The second kappa shape index (κ2) is 11.0. The van der Waals surface area contributed by atoms with E-state index >= 15 is 0 Å². The SMILES string of the molecule is CCNC(=NCc1ccccc1[N+](=O)[O-])NCC(O)c1cccc(OC(C)C)c1. The largest absolute Gasteiger partial charge is 0.491 e. The summed E-state index contributed by atoms with van der Waals surface area (Å²) in [5.74, 6) is 1.17. The van der Waals surface area contributed by atoms with Crippen molar-refractivity contribution >= 4 is 11.6 Å². The van der Waals surface area contributed by atoms with Crippen molar-refractivity contribution in [2.75, 3.05) is 13.1 Å². The van der Waals surface area contributed by atoms with Gasteiger partial charge >= 0.3 is 0 Å². The van der Waals surface area contributed by atoms with Crippen molar-refractivity contribution in [3.05, 3.63) is 69.8 Å². The smallest absolute Gasteiger partial charge is 0.274 e. The van der Waals surface area contributed by atoms with Crippen LogP contribution < -0.4 is 15.4 Å². The molecule has 1 unspecified atom stereocenters. The lowest BCUT2D eigenvalue weighted by Crippen LogP contribution is -2.39. The first-order valence-corrected chi connectivity index (χ1v) is 9.59. The molecule has 0 bridgehead atoms. The van der Waals surface area contributed by atoms with E-state index in [-0.39, 0.29) is 24.9 Å². The fraction of sp³-hybridized carbons (Fsp3) is 0.381. The predicted molar refractivity (Wildman–Crippen MR) is 113 cm³/mol. The van der Waals surface area contributed by atoms with E-state index in [1.54, 1.807) is 18.2 Å².